The monoisotopic (exact) mass is 347 g/mol. The third kappa shape index (κ3) is 3.01. The third-order valence-corrected chi connectivity index (χ3v) is 5.16. The summed E-state index contributed by atoms with van der Waals surface area (Å²) < 4.78 is 5.34. The van der Waals surface area contributed by atoms with Crippen LogP contribution in [0.15, 0.2) is 60.7 Å². The molecule has 0 amide bonds. The van der Waals surface area contributed by atoms with Crippen molar-refractivity contribution in [2.24, 2.45) is 5.41 Å². The van der Waals surface area contributed by atoms with Gasteiger partial charge in [0.15, 0.2) is 5.41 Å². The zero-order chi connectivity index (χ0) is 18.6. The number of rotatable bonds is 4. The predicted molar refractivity (Wildman–Crippen MR) is 97.3 cm³/mol. The molecule has 0 spiro atoms. The van der Waals surface area contributed by atoms with E-state index in [1.807, 2.05) is 60.7 Å². The molecular weight excluding hydrogens is 326 g/mol. The van der Waals surface area contributed by atoms with Gasteiger partial charge >= 0.3 is 5.97 Å². The summed E-state index contributed by atoms with van der Waals surface area (Å²) in [5, 5.41) is 10.2. The molecule has 1 fully saturated rings. The first-order valence-electron chi connectivity index (χ1n) is 8.83. The van der Waals surface area contributed by atoms with Gasteiger partial charge in [0.05, 0.1) is 12.7 Å². The fourth-order valence-electron chi connectivity index (χ4n) is 3.97. The minimum absolute atomic E-state index is 0.0582. The van der Waals surface area contributed by atoms with Crippen LogP contribution in [0.4, 0.5) is 0 Å². The van der Waals surface area contributed by atoms with Gasteiger partial charge in [-0.25, -0.2) is 0 Å². The lowest BCUT2D eigenvalue weighted by atomic mass is 9.56. The van der Waals surface area contributed by atoms with Gasteiger partial charge in [0.25, 0.3) is 0 Å². The van der Waals surface area contributed by atoms with E-state index in [9.17, 15) is 14.9 Å². The first-order valence-corrected chi connectivity index (χ1v) is 8.83. The molecule has 1 aliphatic carbocycles. The van der Waals surface area contributed by atoms with E-state index in [-0.39, 0.29) is 25.2 Å². The van der Waals surface area contributed by atoms with Gasteiger partial charge in [-0.15, -0.1) is 0 Å². The Morgan fingerprint density at radius 3 is 1.88 bits per heavy atom. The number of ketones is 1. The van der Waals surface area contributed by atoms with Crippen LogP contribution >= 0.6 is 0 Å². The van der Waals surface area contributed by atoms with Crippen LogP contribution in [0, 0.1) is 16.7 Å². The largest absolute Gasteiger partial charge is 0.465 e. The van der Waals surface area contributed by atoms with Gasteiger partial charge in [0.2, 0.25) is 0 Å². The Labute approximate surface area is 153 Å². The Morgan fingerprint density at radius 1 is 1.04 bits per heavy atom. The summed E-state index contributed by atoms with van der Waals surface area (Å²) >= 11 is 0. The van der Waals surface area contributed by atoms with Gasteiger partial charge in [-0.05, 0) is 18.1 Å². The molecule has 2 atom stereocenters. The van der Waals surface area contributed by atoms with Gasteiger partial charge in [0.1, 0.15) is 5.78 Å². The number of esters is 1. The van der Waals surface area contributed by atoms with Gasteiger partial charge in [0, 0.05) is 24.7 Å². The summed E-state index contributed by atoms with van der Waals surface area (Å²) in [5.41, 5.74) is 0.208. The summed E-state index contributed by atoms with van der Waals surface area (Å²) in [6.07, 6.45) is 0.333. The number of carbonyl (C=O) groups excluding carboxylic acids is 2. The molecule has 3 rings (SSSR count). The van der Waals surface area contributed by atoms with Crippen LogP contribution in [-0.4, -0.2) is 18.4 Å². The number of benzene rings is 2. The van der Waals surface area contributed by atoms with E-state index in [2.05, 4.69) is 6.07 Å². The average Bonchev–Trinajstić information content (AvgIpc) is 2.69. The van der Waals surface area contributed by atoms with Crippen molar-refractivity contribution in [1.29, 1.82) is 5.26 Å². The number of hydrogen-bond acceptors (Lipinski definition) is 4. The highest BCUT2D eigenvalue weighted by molar-refractivity contribution is 5.90. The van der Waals surface area contributed by atoms with E-state index >= 15 is 0 Å². The number of ether oxygens (including phenoxy) is 1. The lowest BCUT2D eigenvalue weighted by Crippen LogP contribution is -2.47. The molecule has 1 saturated carbocycles. The molecule has 0 heterocycles. The third-order valence-electron chi connectivity index (χ3n) is 5.16. The maximum Gasteiger partial charge on any atom is 0.327 e. The minimum atomic E-state index is -1.42. The normalized spacial score (nSPS) is 21.6. The Morgan fingerprint density at radius 2 is 1.50 bits per heavy atom. The molecule has 0 radical (unpaired) electrons. The second-order valence-corrected chi connectivity index (χ2v) is 6.57. The Hall–Kier alpha value is -2.93. The van der Waals surface area contributed by atoms with Crippen LogP contribution in [-0.2, 0) is 14.3 Å². The lowest BCUT2D eigenvalue weighted by molar-refractivity contribution is -0.156. The van der Waals surface area contributed by atoms with Crippen LogP contribution in [0.25, 0.3) is 0 Å². The maximum absolute atomic E-state index is 13.1. The molecule has 26 heavy (non-hydrogen) atoms. The van der Waals surface area contributed by atoms with Crippen molar-refractivity contribution in [3.8, 4) is 6.07 Å². The van der Waals surface area contributed by atoms with Crippen molar-refractivity contribution in [3.63, 3.8) is 0 Å². The van der Waals surface area contributed by atoms with Crippen LogP contribution in [0.1, 0.15) is 42.7 Å². The van der Waals surface area contributed by atoms with Crippen molar-refractivity contribution < 1.29 is 14.3 Å². The number of nitriles is 1. The zero-order valence-electron chi connectivity index (χ0n) is 14.7. The first-order chi connectivity index (χ1) is 12.6. The summed E-state index contributed by atoms with van der Waals surface area (Å²) in [5.74, 6) is -1.54. The molecule has 0 unspecified atom stereocenters. The summed E-state index contributed by atoms with van der Waals surface area (Å²) in [6, 6.07) is 21.0. The van der Waals surface area contributed by atoms with Gasteiger partial charge in [-0.1, -0.05) is 60.7 Å². The molecule has 132 valence electrons. The van der Waals surface area contributed by atoms with E-state index in [0.717, 1.165) is 11.1 Å². The van der Waals surface area contributed by atoms with E-state index < -0.39 is 23.2 Å². The van der Waals surface area contributed by atoms with Crippen molar-refractivity contribution >= 4 is 11.8 Å². The van der Waals surface area contributed by atoms with Crippen molar-refractivity contribution in [2.75, 3.05) is 6.61 Å². The fraction of sp³-hybridized carbons (Fsp3) is 0.318. The molecule has 4 heteroatoms. The predicted octanol–water partition coefficient (Wildman–Crippen LogP) is 3.99. The standard InChI is InChI=1S/C22H21NO3/c1-2-26-21(25)22(15-23)19(16-9-5-3-6-10-16)13-18(24)14-20(22)17-11-7-4-8-12-17/h3-12,19-20H,2,13-14H2,1H3/t19-,20-/m1/s1. The minimum Gasteiger partial charge on any atom is -0.465 e. The summed E-state index contributed by atoms with van der Waals surface area (Å²) in [4.78, 5) is 25.6. The molecular formula is C22H21NO3. The van der Waals surface area contributed by atoms with Gasteiger partial charge < -0.3 is 4.74 Å². The maximum atomic E-state index is 13.1. The molecule has 0 aliphatic heterocycles. The SMILES string of the molecule is CCOC(=O)C1(C#N)[C@@H](c2ccccc2)CC(=O)C[C@@H]1c1ccccc1. The van der Waals surface area contributed by atoms with E-state index in [1.54, 1.807) is 6.92 Å². The van der Waals surface area contributed by atoms with E-state index in [0.29, 0.717) is 0 Å². The molecule has 2 aromatic carbocycles. The van der Waals surface area contributed by atoms with Crippen molar-refractivity contribution in [2.45, 2.75) is 31.6 Å². The van der Waals surface area contributed by atoms with E-state index in [1.165, 1.54) is 0 Å². The highest BCUT2D eigenvalue weighted by Gasteiger charge is 2.58. The number of carbonyl (C=O) groups is 2. The molecule has 0 aromatic heterocycles. The quantitative estimate of drug-likeness (QED) is 0.784. The van der Waals surface area contributed by atoms with Crippen molar-refractivity contribution in [1.82, 2.24) is 0 Å². The van der Waals surface area contributed by atoms with E-state index in [4.69, 9.17) is 4.74 Å². The van der Waals surface area contributed by atoms with Crippen LogP contribution in [0.2, 0.25) is 0 Å². The summed E-state index contributed by atoms with van der Waals surface area (Å²) in [7, 11) is 0. The fourth-order valence-corrected chi connectivity index (χ4v) is 3.97. The van der Waals surface area contributed by atoms with Crippen LogP contribution in [0.3, 0.4) is 0 Å². The molecule has 0 N–H and O–H groups in total. The summed E-state index contributed by atoms with van der Waals surface area (Å²) in [6.45, 7) is 1.92. The molecule has 4 nitrogen and oxygen atoms in total. The Balaban J connectivity index is 2.20. The topological polar surface area (TPSA) is 67.2 Å². The Bertz CT molecular complexity index is 772. The highest BCUT2D eigenvalue weighted by Crippen LogP contribution is 2.54. The number of nitrogens with zero attached hydrogens (tertiary/aromatic N) is 1. The van der Waals surface area contributed by atoms with Crippen molar-refractivity contribution in [3.05, 3.63) is 71.8 Å². The Kier molecular flexibility index (Phi) is 5.18. The second kappa shape index (κ2) is 7.53. The molecule has 1 aliphatic rings. The molecule has 0 saturated heterocycles. The number of Topliss-reactive ketones (excluding diaryl/α,β-unsaturated/α-hetero) is 1. The highest BCUT2D eigenvalue weighted by atomic mass is 16.5. The average molecular weight is 347 g/mol. The smallest absolute Gasteiger partial charge is 0.327 e. The van der Waals surface area contributed by atoms with Gasteiger partial charge in [-0.3, -0.25) is 9.59 Å². The number of hydrogen-bond donors (Lipinski definition) is 0. The lowest BCUT2D eigenvalue weighted by Gasteiger charge is -2.42. The van der Waals surface area contributed by atoms with Gasteiger partial charge in [-0.2, -0.15) is 5.26 Å². The molecule has 0 bridgehead atoms. The second-order valence-electron chi connectivity index (χ2n) is 6.57. The first kappa shape index (κ1) is 17.9. The zero-order valence-corrected chi connectivity index (χ0v) is 14.7. The van der Waals surface area contributed by atoms with Crippen LogP contribution in [0.5, 0.6) is 0 Å². The van der Waals surface area contributed by atoms with Crippen LogP contribution < -0.4 is 0 Å². The molecule has 2 aromatic rings.